The second-order valence-electron chi connectivity index (χ2n) is 3.40. The molecule has 2 aromatic heterocycles. The van der Waals surface area contributed by atoms with E-state index >= 15 is 0 Å². The first kappa shape index (κ1) is 8.61. The first-order chi connectivity index (χ1) is 7.33. The highest BCUT2D eigenvalue weighted by atomic mass is 32.1. The molecule has 0 atom stereocenters. The van der Waals surface area contributed by atoms with Gasteiger partial charge in [-0.3, -0.25) is 0 Å². The average Bonchev–Trinajstić information content (AvgIpc) is 2.82. The fraction of sp³-hybridized carbons (Fsp3) is 0.0909. The number of imidazole rings is 1. The Labute approximate surface area is 90.8 Å². The predicted molar refractivity (Wildman–Crippen MR) is 61.9 cm³/mol. The van der Waals surface area contributed by atoms with Gasteiger partial charge in [-0.2, -0.15) is 0 Å². The Kier molecular flexibility index (Phi) is 1.82. The number of nitrogens with zero attached hydrogens (tertiary/aromatic N) is 2. The summed E-state index contributed by atoms with van der Waals surface area (Å²) in [5.74, 6) is 0.856. The Balaban J connectivity index is 2.19. The number of aromatic nitrogens is 3. The predicted octanol–water partition coefficient (Wildman–Crippen LogP) is 2.99. The standard InChI is InChI=1S/C11H9N3S/c1-7-6-15-11(12-7)10-13-8-4-2-3-5-9(8)14-10/h2-6H,1H3,(H,13,14). The number of thiazole rings is 1. The van der Waals surface area contributed by atoms with Gasteiger partial charge in [-0.05, 0) is 19.1 Å². The number of fused-ring (bicyclic) bond motifs is 1. The highest BCUT2D eigenvalue weighted by Gasteiger charge is 2.07. The zero-order chi connectivity index (χ0) is 10.3. The van der Waals surface area contributed by atoms with E-state index in [1.54, 1.807) is 11.3 Å². The smallest absolute Gasteiger partial charge is 0.167 e. The second kappa shape index (κ2) is 3.17. The molecule has 3 rings (SSSR count). The fourth-order valence-corrected chi connectivity index (χ4v) is 2.26. The van der Waals surface area contributed by atoms with Crippen molar-refractivity contribution in [3.8, 4) is 10.8 Å². The van der Waals surface area contributed by atoms with Crippen molar-refractivity contribution in [3.05, 3.63) is 35.3 Å². The lowest BCUT2D eigenvalue weighted by Crippen LogP contribution is -1.78. The number of aromatic amines is 1. The van der Waals surface area contributed by atoms with Crippen molar-refractivity contribution in [2.75, 3.05) is 0 Å². The largest absolute Gasteiger partial charge is 0.336 e. The molecule has 0 aliphatic heterocycles. The maximum atomic E-state index is 4.49. The molecule has 1 N–H and O–H groups in total. The minimum Gasteiger partial charge on any atom is -0.336 e. The van der Waals surface area contributed by atoms with E-state index in [1.165, 1.54) is 0 Å². The Morgan fingerprint density at radius 2 is 2.07 bits per heavy atom. The summed E-state index contributed by atoms with van der Waals surface area (Å²) in [6.45, 7) is 1.99. The third-order valence-electron chi connectivity index (χ3n) is 2.21. The SMILES string of the molecule is Cc1csc(-c2nc3ccccc3[nH]2)n1. The van der Waals surface area contributed by atoms with Crippen LogP contribution in [0, 0.1) is 6.92 Å². The maximum absolute atomic E-state index is 4.49. The molecule has 4 heteroatoms. The Hall–Kier alpha value is -1.68. The van der Waals surface area contributed by atoms with Crippen LogP contribution in [-0.2, 0) is 0 Å². The van der Waals surface area contributed by atoms with Crippen molar-refractivity contribution in [1.82, 2.24) is 15.0 Å². The number of para-hydroxylation sites is 2. The normalized spacial score (nSPS) is 11.0. The molecule has 0 unspecified atom stereocenters. The van der Waals surface area contributed by atoms with Crippen LogP contribution >= 0.6 is 11.3 Å². The van der Waals surface area contributed by atoms with Crippen LogP contribution in [-0.4, -0.2) is 15.0 Å². The molecule has 74 valence electrons. The van der Waals surface area contributed by atoms with Gasteiger partial charge in [0.2, 0.25) is 0 Å². The van der Waals surface area contributed by atoms with Crippen LogP contribution in [0.4, 0.5) is 0 Å². The van der Waals surface area contributed by atoms with Gasteiger partial charge < -0.3 is 4.98 Å². The van der Waals surface area contributed by atoms with E-state index in [-0.39, 0.29) is 0 Å². The zero-order valence-electron chi connectivity index (χ0n) is 8.19. The third-order valence-corrected chi connectivity index (χ3v) is 3.18. The van der Waals surface area contributed by atoms with Crippen molar-refractivity contribution < 1.29 is 0 Å². The Morgan fingerprint density at radius 1 is 1.20 bits per heavy atom. The molecule has 0 aliphatic carbocycles. The molecule has 0 spiro atoms. The number of hydrogen-bond donors (Lipinski definition) is 1. The van der Waals surface area contributed by atoms with Crippen LogP contribution in [0.5, 0.6) is 0 Å². The van der Waals surface area contributed by atoms with Gasteiger partial charge >= 0.3 is 0 Å². The molecule has 0 amide bonds. The van der Waals surface area contributed by atoms with Gasteiger partial charge in [-0.25, -0.2) is 9.97 Å². The number of H-pyrrole nitrogens is 1. The quantitative estimate of drug-likeness (QED) is 0.678. The van der Waals surface area contributed by atoms with Crippen LogP contribution < -0.4 is 0 Å². The van der Waals surface area contributed by atoms with Crippen LogP contribution in [0.3, 0.4) is 0 Å². The summed E-state index contributed by atoms with van der Waals surface area (Å²) in [5.41, 5.74) is 3.08. The summed E-state index contributed by atoms with van der Waals surface area (Å²) in [7, 11) is 0. The molecule has 3 nitrogen and oxygen atoms in total. The van der Waals surface area contributed by atoms with Gasteiger partial charge in [0.05, 0.1) is 11.0 Å². The summed E-state index contributed by atoms with van der Waals surface area (Å²) < 4.78 is 0. The topological polar surface area (TPSA) is 41.6 Å². The number of rotatable bonds is 1. The number of hydrogen-bond acceptors (Lipinski definition) is 3. The summed E-state index contributed by atoms with van der Waals surface area (Å²) in [5, 5.41) is 2.98. The Bertz CT molecular complexity index is 576. The third kappa shape index (κ3) is 1.43. The van der Waals surface area contributed by atoms with E-state index < -0.39 is 0 Å². The van der Waals surface area contributed by atoms with Crippen molar-refractivity contribution in [2.24, 2.45) is 0 Å². The van der Waals surface area contributed by atoms with Gasteiger partial charge in [-0.1, -0.05) is 12.1 Å². The lowest BCUT2D eigenvalue weighted by Gasteiger charge is -1.85. The van der Waals surface area contributed by atoms with Crippen LogP contribution in [0.15, 0.2) is 29.6 Å². The molecule has 2 heterocycles. The molecule has 0 radical (unpaired) electrons. The van der Waals surface area contributed by atoms with E-state index in [0.717, 1.165) is 27.6 Å². The van der Waals surface area contributed by atoms with Crippen molar-refractivity contribution >= 4 is 22.4 Å². The summed E-state index contributed by atoms with van der Waals surface area (Å²) in [6, 6.07) is 8.00. The molecule has 0 saturated carbocycles. The molecule has 3 aromatic rings. The van der Waals surface area contributed by atoms with E-state index in [9.17, 15) is 0 Å². The average molecular weight is 215 g/mol. The van der Waals surface area contributed by atoms with E-state index in [4.69, 9.17) is 0 Å². The number of benzene rings is 1. The molecule has 15 heavy (non-hydrogen) atoms. The monoisotopic (exact) mass is 215 g/mol. The first-order valence-corrected chi connectivity index (χ1v) is 5.58. The lowest BCUT2D eigenvalue weighted by molar-refractivity contribution is 1.23. The summed E-state index contributed by atoms with van der Waals surface area (Å²) in [6.07, 6.45) is 0. The second-order valence-corrected chi connectivity index (χ2v) is 4.25. The highest BCUT2D eigenvalue weighted by Crippen LogP contribution is 2.23. The Morgan fingerprint density at radius 3 is 2.80 bits per heavy atom. The van der Waals surface area contributed by atoms with Crippen molar-refractivity contribution in [3.63, 3.8) is 0 Å². The van der Waals surface area contributed by atoms with Gasteiger partial charge in [0, 0.05) is 11.1 Å². The molecule has 0 aliphatic rings. The minimum absolute atomic E-state index is 0.856. The van der Waals surface area contributed by atoms with Gasteiger partial charge in [0.1, 0.15) is 0 Å². The molecule has 0 bridgehead atoms. The van der Waals surface area contributed by atoms with Crippen LogP contribution in [0.1, 0.15) is 5.69 Å². The van der Waals surface area contributed by atoms with E-state index in [1.807, 2.05) is 36.6 Å². The molecular formula is C11H9N3S. The van der Waals surface area contributed by atoms with Gasteiger partial charge in [0.25, 0.3) is 0 Å². The maximum Gasteiger partial charge on any atom is 0.167 e. The number of aryl methyl sites for hydroxylation is 1. The summed E-state index contributed by atoms with van der Waals surface area (Å²) >= 11 is 1.61. The minimum atomic E-state index is 0.856. The fourth-order valence-electron chi connectivity index (χ4n) is 1.52. The molecule has 0 saturated heterocycles. The van der Waals surface area contributed by atoms with Gasteiger partial charge in [-0.15, -0.1) is 11.3 Å². The molecule has 0 fully saturated rings. The van der Waals surface area contributed by atoms with Crippen LogP contribution in [0.2, 0.25) is 0 Å². The lowest BCUT2D eigenvalue weighted by atomic mass is 10.3. The van der Waals surface area contributed by atoms with E-state index in [2.05, 4.69) is 15.0 Å². The van der Waals surface area contributed by atoms with Crippen molar-refractivity contribution in [2.45, 2.75) is 6.92 Å². The van der Waals surface area contributed by atoms with Gasteiger partial charge in [0.15, 0.2) is 10.8 Å². The summed E-state index contributed by atoms with van der Waals surface area (Å²) in [4.78, 5) is 12.2. The molecular weight excluding hydrogens is 206 g/mol. The van der Waals surface area contributed by atoms with Crippen LogP contribution in [0.25, 0.3) is 21.9 Å². The zero-order valence-corrected chi connectivity index (χ0v) is 9.01. The van der Waals surface area contributed by atoms with E-state index in [0.29, 0.717) is 0 Å². The first-order valence-electron chi connectivity index (χ1n) is 4.70. The van der Waals surface area contributed by atoms with Crippen molar-refractivity contribution in [1.29, 1.82) is 0 Å². The highest BCUT2D eigenvalue weighted by molar-refractivity contribution is 7.13. The molecule has 1 aromatic carbocycles. The number of nitrogens with one attached hydrogen (secondary N) is 1.